The summed E-state index contributed by atoms with van der Waals surface area (Å²) < 4.78 is 0. The Bertz CT molecular complexity index is 711. The van der Waals surface area contributed by atoms with Crippen LogP contribution in [0.25, 0.3) is 0 Å². The molecule has 0 saturated carbocycles. The average molecular weight is 286 g/mol. The SMILES string of the molecule is Cc1cc(C)cc(C2CCCN2C(=O)c2n[nH]c(=O)[nH]2)c1. The number of aryl methyl sites for hydroxylation is 2. The largest absolute Gasteiger partial charge is 0.341 e. The van der Waals surface area contributed by atoms with Gasteiger partial charge in [0.15, 0.2) is 0 Å². The maximum atomic E-state index is 12.5. The van der Waals surface area contributed by atoms with E-state index in [0.29, 0.717) is 6.54 Å². The molecule has 6 nitrogen and oxygen atoms in total. The Balaban J connectivity index is 1.91. The van der Waals surface area contributed by atoms with Crippen LogP contribution in [-0.2, 0) is 0 Å². The van der Waals surface area contributed by atoms with Gasteiger partial charge in [-0.25, -0.2) is 9.89 Å². The quantitative estimate of drug-likeness (QED) is 0.881. The fourth-order valence-electron chi connectivity index (χ4n) is 3.07. The van der Waals surface area contributed by atoms with Gasteiger partial charge in [-0.2, -0.15) is 0 Å². The molecule has 1 atom stereocenters. The summed E-state index contributed by atoms with van der Waals surface area (Å²) in [5.74, 6) is -0.147. The second kappa shape index (κ2) is 5.20. The second-order valence-corrected chi connectivity index (χ2v) is 5.60. The number of carbonyl (C=O) groups excluding carboxylic acids is 1. The number of nitrogens with one attached hydrogen (secondary N) is 2. The normalized spacial score (nSPS) is 18.2. The van der Waals surface area contributed by atoms with Gasteiger partial charge in [0.2, 0.25) is 5.82 Å². The Labute approximate surface area is 122 Å². The van der Waals surface area contributed by atoms with Crippen LogP contribution in [0, 0.1) is 13.8 Å². The highest BCUT2D eigenvalue weighted by atomic mass is 16.2. The number of aromatic nitrogens is 3. The van der Waals surface area contributed by atoms with E-state index >= 15 is 0 Å². The summed E-state index contributed by atoms with van der Waals surface area (Å²) in [7, 11) is 0. The first-order valence-electron chi connectivity index (χ1n) is 7.08. The molecule has 1 amide bonds. The van der Waals surface area contributed by atoms with Gasteiger partial charge in [-0.1, -0.05) is 29.3 Å². The highest BCUT2D eigenvalue weighted by Gasteiger charge is 2.32. The summed E-state index contributed by atoms with van der Waals surface area (Å²) >= 11 is 0. The Morgan fingerprint density at radius 1 is 1.29 bits per heavy atom. The van der Waals surface area contributed by atoms with Gasteiger partial charge in [0, 0.05) is 6.54 Å². The number of nitrogens with zero attached hydrogens (tertiary/aromatic N) is 2. The lowest BCUT2D eigenvalue weighted by molar-refractivity contribution is 0.0723. The molecule has 1 fully saturated rings. The van der Waals surface area contributed by atoms with Gasteiger partial charge in [-0.3, -0.25) is 9.78 Å². The summed E-state index contributed by atoms with van der Waals surface area (Å²) in [6.07, 6.45) is 1.89. The van der Waals surface area contributed by atoms with Crippen molar-refractivity contribution in [3.63, 3.8) is 0 Å². The topological polar surface area (TPSA) is 81.8 Å². The Morgan fingerprint density at radius 3 is 2.62 bits per heavy atom. The molecule has 3 rings (SSSR count). The van der Waals surface area contributed by atoms with E-state index in [0.717, 1.165) is 18.4 Å². The van der Waals surface area contributed by atoms with Crippen molar-refractivity contribution in [1.29, 1.82) is 0 Å². The Hall–Kier alpha value is -2.37. The number of aromatic amines is 2. The first kappa shape index (κ1) is 13.6. The van der Waals surface area contributed by atoms with E-state index in [2.05, 4.69) is 47.2 Å². The maximum absolute atomic E-state index is 12.5. The summed E-state index contributed by atoms with van der Waals surface area (Å²) in [5, 5.41) is 5.98. The van der Waals surface area contributed by atoms with Crippen LogP contribution in [-0.4, -0.2) is 32.5 Å². The van der Waals surface area contributed by atoms with Crippen LogP contribution in [0.1, 0.15) is 46.2 Å². The summed E-state index contributed by atoms with van der Waals surface area (Å²) in [6.45, 7) is 4.80. The van der Waals surface area contributed by atoms with Gasteiger partial charge in [0.25, 0.3) is 5.91 Å². The number of H-pyrrole nitrogens is 2. The second-order valence-electron chi connectivity index (χ2n) is 5.60. The first-order chi connectivity index (χ1) is 10.0. The molecule has 21 heavy (non-hydrogen) atoms. The van der Waals surface area contributed by atoms with Crippen molar-refractivity contribution < 1.29 is 4.79 Å². The highest BCUT2D eigenvalue weighted by Crippen LogP contribution is 2.33. The number of amides is 1. The lowest BCUT2D eigenvalue weighted by Crippen LogP contribution is -2.31. The van der Waals surface area contributed by atoms with E-state index in [1.165, 1.54) is 11.1 Å². The predicted molar refractivity (Wildman–Crippen MR) is 78.1 cm³/mol. The zero-order valence-electron chi connectivity index (χ0n) is 12.1. The van der Waals surface area contributed by atoms with Crippen LogP contribution in [0.4, 0.5) is 0 Å². The van der Waals surface area contributed by atoms with Gasteiger partial charge < -0.3 is 4.90 Å². The molecular formula is C15H18N4O2. The van der Waals surface area contributed by atoms with Crippen LogP contribution in [0.5, 0.6) is 0 Å². The van der Waals surface area contributed by atoms with E-state index in [9.17, 15) is 9.59 Å². The molecular weight excluding hydrogens is 268 g/mol. The lowest BCUT2D eigenvalue weighted by Gasteiger charge is -2.24. The molecule has 6 heteroatoms. The molecule has 1 unspecified atom stereocenters. The molecule has 0 radical (unpaired) electrons. The number of rotatable bonds is 2. The van der Waals surface area contributed by atoms with E-state index in [4.69, 9.17) is 0 Å². The molecule has 2 aromatic rings. The Morgan fingerprint density at radius 2 is 2.00 bits per heavy atom. The Kier molecular flexibility index (Phi) is 3.37. The van der Waals surface area contributed by atoms with Gasteiger partial charge in [-0.15, -0.1) is 5.10 Å². The van der Waals surface area contributed by atoms with Crippen molar-refractivity contribution in [2.75, 3.05) is 6.54 Å². The van der Waals surface area contributed by atoms with E-state index in [1.807, 2.05) is 0 Å². The molecule has 110 valence electrons. The minimum Gasteiger partial charge on any atom is -0.329 e. The van der Waals surface area contributed by atoms with Crippen molar-refractivity contribution in [3.8, 4) is 0 Å². The molecule has 0 bridgehead atoms. The number of benzene rings is 1. The summed E-state index contributed by atoms with van der Waals surface area (Å²) in [4.78, 5) is 27.8. The van der Waals surface area contributed by atoms with Crippen molar-refractivity contribution in [1.82, 2.24) is 20.1 Å². The molecule has 2 N–H and O–H groups in total. The van der Waals surface area contributed by atoms with E-state index < -0.39 is 5.69 Å². The molecule has 0 aliphatic carbocycles. The highest BCUT2D eigenvalue weighted by molar-refractivity contribution is 5.90. The third-order valence-corrected chi connectivity index (χ3v) is 3.85. The van der Waals surface area contributed by atoms with Gasteiger partial charge in [0.05, 0.1) is 6.04 Å². The number of hydrogen-bond donors (Lipinski definition) is 2. The minimum absolute atomic E-state index is 0.0521. The van der Waals surface area contributed by atoms with Gasteiger partial charge in [0.1, 0.15) is 0 Å². The molecule has 1 saturated heterocycles. The van der Waals surface area contributed by atoms with E-state index in [1.54, 1.807) is 4.90 Å². The number of likely N-dealkylation sites (tertiary alicyclic amines) is 1. The fraction of sp³-hybridized carbons (Fsp3) is 0.400. The summed E-state index contributed by atoms with van der Waals surface area (Å²) in [6, 6.07) is 6.42. The third-order valence-electron chi connectivity index (χ3n) is 3.85. The van der Waals surface area contributed by atoms with Crippen LogP contribution < -0.4 is 5.69 Å². The molecule has 0 spiro atoms. The first-order valence-corrected chi connectivity index (χ1v) is 7.08. The van der Waals surface area contributed by atoms with Crippen molar-refractivity contribution >= 4 is 5.91 Å². The zero-order chi connectivity index (χ0) is 15.0. The molecule has 1 aliphatic rings. The van der Waals surface area contributed by atoms with E-state index in [-0.39, 0.29) is 17.8 Å². The third kappa shape index (κ3) is 2.61. The van der Waals surface area contributed by atoms with Crippen molar-refractivity contribution in [2.24, 2.45) is 0 Å². The molecule has 2 heterocycles. The molecule has 1 aromatic carbocycles. The number of carbonyl (C=O) groups is 1. The van der Waals surface area contributed by atoms with Crippen LogP contribution >= 0.6 is 0 Å². The van der Waals surface area contributed by atoms with Gasteiger partial charge in [-0.05, 0) is 32.3 Å². The molecule has 1 aromatic heterocycles. The van der Waals surface area contributed by atoms with Crippen molar-refractivity contribution in [2.45, 2.75) is 32.7 Å². The van der Waals surface area contributed by atoms with Crippen molar-refractivity contribution in [3.05, 3.63) is 51.2 Å². The van der Waals surface area contributed by atoms with Crippen LogP contribution in [0.15, 0.2) is 23.0 Å². The molecule has 1 aliphatic heterocycles. The fourth-order valence-corrected chi connectivity index (χ4v) is 3.07. The lowest BCUT2D eigenvalue weighted by atomic mass is 9.99. The standard InChI is InChI=1S/C15H18N4O2/c1-9-6-10(2)8-11(7-9)12-4-3-5-19(12)14(20)13-16-15(21)18-17-13/h6-8,12H,3-5H2,1-2H3,(H2,16,17,18,21). The minimum atomic E-state index is -0.458. The van der Waals surface area contributed by atoms with Crippen LogP contribution in [0.3, 0.4) is 0 Å². The summed E-state index contributed by atoms with van der Waals surface area (Å²) in [5.41, 5.74) is 3.08. The van der Waals surface area contributed by atoms with Gasteiger partial charge >= 0.3 is 5.69 Å². The average Bonchev–Trinajstić information content (AvgIpc) is 3.05. The number of hydrogen-bond acceptors (Lipinski definition) is 3. The maximum Gasteiger partial charge on any atom is 0.341 e. The predicted octanol–water partition coefficient (Wildman–Crippen LogP) is 1.69. The monoisotopic (exact) mass is 286 g/mol. The smallest absolute Gasteiger partial charge is 0.329 e. The zero-order valence-corrected chi connectivity index (χ0v) is 12.1. The van der Waals surface area contributed by atoms with Crippen LogP contribution in [0.2, 0.25) is 0 Å².